The van der Waals surface area contributed by atoms with Gasteiger partial charge in [0.2, 0.25) is 0 Å². The van der Waals surface area contributed by atoms with E-state index in [2.05, 4.69) is 20.8 Å². The Bertz CT molecular complexity index is 304. The third-order valence-electron chi connectivity index (χ3n) is 2.85. The lowest BCUT2D eigenvalue weighted by atomic mass is 10.3. The van der Waals surface area contributed by atoms with Crippen molar-refractivity contribution < 1.29 is 4.74 Å². The van der Waals surface area contributed by atoms with Gasteiger partial charge in [-0.2, -0.15) is 0 Å². The summed E-state index contributed by atoms with van der Waals surface area (Å²) in [5, 5.41) is 0. The van der Waals surface area contributed by atoms with Crippen LogP contribution in [0.25, 0.3) is 0 Å². The van der Waals surface area contributed by atoms with Gasteiger partial charge in [0.1, 0.15) is 5.75 Å². The predicted octanol–water partition coefficient (Wildman–Crippen LogP) is 2.92. The third kappa shape index (κ3) is 3.80. The smallest absolute Gasteiger partial charge is 0.119 e. The maximum absolute atomic E-state index is 5.65. The lowest BCUT2D eigenvalue weighted by Crippen LogP contribution is -2.23. The number of hydrogen-bond acceptors (Lipinski definition) is 2. The minimum absolute atomic E-state index is 0.697. The van der Waals surface area contributed by atoms with Gasteiger partial charge in [0.05, 0.1) is 6.61 Å². The quantitative estimate of drug-likeness (QED) is 0.609. The Hall–Kier alpha value is -0.540. The highest BCUT2D eigenvalue weighted by Gasteiger charge is 2.18. The van der Waals surface area contributed by atoms with Crippen molar-refractivity contribution in [3.05, 3.63) is 30.3 Å². The first-order valence-electron chi connectivity index (χ1n) is 5.89. The fourth-order valence-electron chi connectivity index (χ4n) is 1.98. The van der Waals surface area contributed by atoms with Gasteiger partial charge in [-0.1, -0.05) is 34.1 Å². The monoisotopic (exact) mass is 283 g/mol. The van der Waals surface area contributed by atoms with Crippen LogP contribution in [0.5, 0.6) is 5.75 Å². The molecule has 0 saturated carbocycles. The average Bonchev–Trinajstić information content (AvgIpc) is 2.72. The van der Waals surface area contributed by atoms with E-state index in [0.29, 0.717) is 4.83 Å². The lowest BCUT2D eigenvalue weighted by molar-refractivity contribution is 0.264. The number of halogens is 1. The molecule has 1 unspecified atom stereocenters. The van der Waals surface area contributed by atoms with Crippen molar-refractivity contribution in [2.24, 2.45) is 0 Å². The highest BCUT2D eigenvalue weighted by atomic mass is 79.9. The molecule has 1 aromatic rings. The third-order valence-corrected chi connectivity index (χ3v) is 3.59. The molecule has 1 fully saturated rings. The van der Waals surface area contributed by atoms with E-state index in [1.54, 1.807) is 0 Å². The molecular formula is C13H18BrNO. The lowest BCUT2D eigenvalue weighted by Gasteiger charge is -2.14. The maximum Gasteiger partial charge on any atom is 0.119 e. The number of likely N-dealkylation sites (tertiary alicyclic amines) is 1. The Morgan fingerprint density at radius 1 is 1.31 bits per heavy atom. The number of benzene rings is 1. The summed E-state index contributed by atoms with van der Waals surface area (Å²) in [6.45, 7) is 4.37. The second-order valence-electron chi connectivity index (χ2n) is 4.20. The molecule has 0 aromatic heterocycles. The van der Waals surface area contributed by atoms with Gasteiger partial charge in [0.25, 0.3) is 0 Å². The molecule has 1 atom stereocenters. The van der Waals surface area contributed by atoms with Crippen LogP contribution in [0.15, 0.2) is 30.3 Å². The first-order chi connectivity index (χ1) is 7.84. The minimum atomic E-state index is 0.697. The molecule has 1 aromatic carbocycles. The van der Waals surface area contributed by atoms with E-state index in [4.69, 9.17) is 4.74 Å². The van der Waals surface area contributed by atoms with Gasteiger partial charge in [-0.25, -0.2) is 0 Å². The molecule has 2 nitrogen and oxygen atoms in total. The van der Waals surface area contributed by atoms with Crippen LogP contribution in [0.2, 0.25) is 0 Å². The molecule has 1 heterocycles. The highest BCUT2D eigenvalue weighted by Crippen LogP contribution is 2.16. The molecule has 2 rings (SSSR count). The molecule has 16 heavy (non-hydrogen) atoms. The van der Waals surface area contributed by atoms with Crippen LogP contribution in [0.1, 0.15) is 12.8 Å². The summed E-state index contributed by atoms with van der Waals surface area (Å²) in [5.74, 6) is 0.974. The van der Waals surface area contributed by atoms with Crippen molar-refractivity contribution in [2.45, 2.75) is 17.7 Å². The molecular weight excluding hydrogens is 266 g/mol. The van der Waals surface area contributed by atoms with Gasteiger partial charge < -0.3 is 9.64 Å². The number of rotatable bonds is 5. The molecule has 0 spiro atoms. The van der Waals surface area contributed by atoms with Crippen LogP contribution in [-0.4, -0.2) is 36.0 Å². The summed E-state index contributed by atoms with van der Waals surface area (Å²) in [7, 11) is 0. The van der Waals surface area contributed by atoms with Crippen LogP contribution in [-0.2, 0) is 0 Å². The molecule has 88 valence electrons. The molecule has 3 heteroatoms. The Balaban J connectivity index is 1.59. The first kappa shape index (κ1) is 11.9. The van der Waals surface area contributed by atoms with Crippen LogP contribution in [0.3, 0.4) is 0 Å². The van der Waals surface area contributed by atoms with Crippen molar-refractivity contribution in [1.82, 2.24) is 4.90 Å². The van der Waals surface area contributed by atoms with E-state index in [-0.39, 0.29) is 0 Å². The maximum atomic E-state index is 5.65. The van der Waals surface area contributed by atoms with Gasteiger partial charge in [-0.3, -0.25) is 0 Å². The van der Waals surface area contributed by atoms with Crippen LogP contribution >= 0.6 is 15.9 Å². The molecule has 0 radical (unpaired) electrons. The molecule has 1 aliphatic heterocycles. The van der Waals surface area contributed by atoms with E-state index in [0.717, 1.165) is 25.3 Å². The molecule has 1 aliphatic rings. The van der Waals surface area contributed by atoms with Gasteiger partial charge in [-0.05, 0) is 31.5 Å². The molecule has 0 amide bonds. The van der Waals surface area contributed by atoms with Gasteiger partial charge in [0.15, 0.2) is 0 Å². The zero-order valence-corrected chi connectivity index (χ0v) is 11.0. The van der Waals surface area contributed by atoms with Crippen LogP contribution in [0, 0.1) is 0 Å². The predicted molar refractivity (Wildman–Crippen MR) is 70.3 cm³/mol. The van der Waals surface area contributed by atoms with Gasteiger partial charge >= 0.3 is 0 Å². The summed E-state index contributed by atoms with van der Waals surface area (Å²) in [6.07, 6.45) is 2.38. The van der Waals surface area contributed by atoms with Crippen LogP contribution in [0.4, 0.5) is 0 Å². The summed E-state index contributed by atoms with van der Waals surface area (Å²) in [6, 6.07) is 10.0. The van der Waals surface area contributed by atoms with Crippen molar-refractivity contribution in [2.75, 3.05) is 26.2 Å². The number of ether oxygens (including phenoxy) is 1. The summed E-state index contributed by atoms with van der Waals surface area (Å²) in [5.41, 5.74) is 0. The zero-order chi connectivity index (χ0) is 11.2. The Labute approximate surface area is 106 Å². The van der Waals surface area contributed by atoms with Crippen LogP contribution < -0.4 is 4.74 Å². The first-order valence-corrected chi connectivity index (χ1v) is 6.80. The molecule has 1 saturated heterocycles. The standard InChI is InChI=1S/C13H18BrNO/c14-12-7-9-15(11-12)8-4-10-16-13-5-2-1-3-6-13/h1-3,5-6,12H,4,7-11H2. The summed E-state index contributed by atoms with van der Waals surface area (Å²) in [4.78, 5) is 3.19. The number of hydrogen-bond donors (Lipinski definition) is 0. The Kier molecular flexibility index (Phi) is 4.67. The van der Waals surface area contributed by atoms with E-state index in [1.807, 2.05) is 30.3 Å². The van der Waals surface area contributed by atoms with E-state index in [9.17, 15) is 0 Å². The highest BCUT2D eigenvalue weighted by molar-refractivity contribution is 9.09. The number of nitrogens with zero attached hydrogens (tertiary/aromatic N) is 1. The topological polar surface area (TPSA) is 12.5 Å². The van der Waals surface area contributed by atoms with Crippen molar-refractivity contribution in [3.63, 3.8) is 0 Å². The number of alkyl halides is 1. The fourth-order valence-corrected chi connectivity index (χ4v) is 2.60. The summed E-state index contributed by atoms with van der Waals surface area (Å²) < 4.78 is 5.65. The van der Waals surface area contributed by atoms with E-state index >= 15 is 0 Å². The molecule has 0 N–H and O–H groups in total. The second kappa shape index (κ2) is 6.26. The number of para-hydroxylation sites is 1. The summed E-state index contributed by atoms with van der Waals surface area (Å²) >= 11 is 3.65. The average molecular weight is 284 g/mol. The van der Waals surface area contributed by atoms with E-state index in [1.165, 1.54) is 19.5 Å². The van der Waals surface area contributed by atoms with E-state index < -0.39 is 0 Å². The molecule has 0 bridgehead atoms. The van der Waals surface area contributed by atoms with Crippen molar-refractivity contribution in [1.29, 1.82) is 0 Å². The van der Waals surface area contributed by atoms with Crippen molar-refractivity contribution >= 4 is 15.9 Å². The zero-order valence-electron chi connectivity index (χ0n) is 9.44. The van der Waals surface area contributed by atoms with Gasteiger partial charge in [0, 0.05) is 17.9 Å². The molecule has 0 aliphatic carbocycles. The fraction of sp³-hybridized carbons (Fsp3) is 0.538. The largest absolute Gasteiger partial charge is 0.494 e. The van der Waals surface area contributed by atoms with Crippen molar-refractivity contribution in [3.8, 4) is 5.75 Å². The Morgan fingerprint density at radius 3 is 2.81 bits per heavy atom. The minimum Gasteiger partial charge on any atom is -0.494 e. The van der Waals surface area contributed by atoms with Gasteiger partial charge in [-0.15, -0.1) is 0 Å². The SMILES string of the molecule is BrC1CCN(CCCOc2ccccc2)C1. The Morgan fingerprint density at radius 2 is 2.12 bits per heavy atom. The second-order valence-corrected chi connectivity index (χ2v) is 5.50. The normalized spacial score (nSPS) is 21.2.